The molecule has 18 heavy (non-hydrogen) atoms. The fourth-order valence-corrected chi connectivity index (χ4v) is 1.41. The smallest absolute Gasteiger partial charge is 0.310 e. The third-order valence-electron chi connectivity index (χ3n) is 2.20. The van der Waals surface area contributed by atoms with E-state index in [0.29, 0.717) is 0 Å². The number of carboxylic acid groups (broad SMARTS) is 1. The molecule has 0 heterocycles. The second-order valence-corrected chi connectivity index (χ2v) is 3.84. The van der Waals surface area contributed by atoms with Crippen molar-refractivity contribution in [3.8, 4) is 0 Å². The van der Waals surface area contributed by atoms with Crippen molar-refractivity contribution in [1.82, 2.24) is 0 Å². The van der Waals surface area contributed by atoms with E-state index in [9.17, 15) is 14.4 Å². The van der Waals surface area contributed by atoms with Crippen LogP contribution in [0.1, 0.15) is 24.8 Å². The minimum Gasteiger partial charge on any atom is -0.481 e. The van der Waals surface area contributed by atoms with Crippen LogP contribution >= 0.6 is 0 Å². The second kappa shape index (κ2) is 7.17. The van der Waals surface area contributed by atoms with Gasteiger partial charge in [-0.3, -0.25) is 14.4 Å². The third-order valence-corrected chi connectivity index (χ3v) is 2.20. The Balaban J connectivity index is 2.35. The van der Waals surface area contributed by atoms with Gasteiger partial charge in [0.2, 0.25) is 0 Å². The summed E-state index contributed by atoms with van der Waals surface area (Å²) in [6, 6.07) is 9.47. The number of carbonyl (C=O) groups excluding carboxylic acids is 2. The molecule has 4 heteroatoms. The highest BCUT2D eigenvalue weighted by Crippen LogP contribution is 2.03. The summed E-state index contributed by atoms with van der Waals surface area (Å²) >= 11 is 0. The zero-order chi connectivity index (χ0) is 13.4. The van der Waals surface area contributed by atoms with Gasteiger partial charge in [0, 0.05) is 6.42 Å². The van der Waals surface area contributed by atoms with Gasteiger partial charge in [0.05, 0.1) is 6.42 Å². The normalized spacial score (nSPS) is 10.4. The van der Waals surface area contributed by atoms with Crippen molar-refractivity contribution in [2.45, 2.75) is 19.3 Å². The van der Waals surface area contributed by atoms with Crippen LogP contribution in [0, 0.1) is 0 Å². The van der Waals surface area contributed by atoms with Crippen molar-refractivity contribution in [2.75, 3.05) is 0 Å². The van der Waals surface area contributed by atoms with Gasteiger partial charge >= 0.3 is 5.97 Å². The summed E-state index contributed by atoms with van der Waals surface area (Å²) in [5.74, 6) is -2.03. The van der Waals surface area contributed by atoms with Gasteiger partial charge in [-0.05, 0) is 5.56 Å². The molecule has 0 aliphatic carbocycles. The predicted molar refractivity (Wildman–Crippen MR) is 67.0 cm³/mol. The topological polar surface area (TPSA) is 71.4 Å². The van der Waals surface area contributed by atoms with Crippen LogP contribution in [0.2, 0.25) is 0 Å². The van der Waals surface area contributed by atoms with Crippen LogP contribution in [0.15, 0.2) is 36.4 Å². The number of carbonyl (C=O) groups is 3. The first-order valence-electron chi connectivity index (χ1n) is 5.54. The molecule has 0 atom stereocenters. The van der Waals surface area contributed by atoms with Crippen LogP contribution in [0.5, 0.6) is 0 Å². The van der Waals surface area contributed by atoms with Crippen LogP contribution in [0.4, 0.5) is 0 Å². The zero-order valence-corrected chi connectivity index (χ0v) is 9.83. The monoisotopic (exact) mass is 246 g/mol. The molecular weight excluding hydrogens is 232 g/mol. The molecule has 0 saturated heterocycles. The fourth-order valence-electron chi connectivity index (χ4n) is 1.41. The lowest BCUT2D eigenvalue weighted by molar-refractivity contribution is -0.140. The van der Waals surface area contributed by atoms with E-state index in [1.165, 1.54) is 0 Å². The van der Waals surface area contributed by atoms with Crippen molar-refractivity contribution in [1.29, 1.82) is 0 Å². The van der Waals surface area contributed by atoms with E-state index >= 15 is 0 Å². The van der Waals surface area contributed by atoms with Gasteiger partial charge < -0.3 is 5.11 Å². The van der Waals surface area contributed by atoms with E-state index in [1.54, 1.807) is 12.2 Å². The number of hydrogen-bond acceptors (Lipinski definition) is 3. The average Bonchev–Trinajstić information content (AvgIpc) is 2.29. The molecule has 1 rings (SSSR count). The molecule has 0 bridgehead atoms. The lowest BCUT2D eigenvalue weighted by Gasteiger charge is -1.95. The summed E-state index contributed by atoms with van der Waals surface area (Å²) in [5, 5.41) is 8.38. The van der Waals surface area contributed by atoms with E-state index in [1.807, 2.05) is 30.3 Å². The fraction of sp³-hybridized carbons (Fsp3) is 0.214. The first-order valence-corrected chi connectivity index (χ1v) is 5.54. The number of benzene rings is 1. The maximum atomic E-state index is 11.4. The van der Waals surface area contributed by atoms with Gasteiger partial charge in [-0.25, -0.2) is 0 Å². The molecular formula is C14H14O4. The Labute approximate surface area is 105 Å². The van der Waals surface area contributed by atoms with Gasteiger partial charge in [0.25, 0.3) is 0 Å². The van der Waals surface area contributed by atoms with Gasteiger partial charge in [-0.15, -0.1) is 0 Å². The van der Waals surface area contributed by atoms with Crippen molar-refractivity contribution in [2.24, 2.45) is 0 Å². The van der Waals surface area contributed by atoms with E-state index in [-0.39, 0.29) is 18.6 Å². The lowest BCUT2D eigenvalue weighted by atomic mass is 10.1. The summed E-state index contributed by atoms with van der Waals surface area (Å²) in [4.78, 5) is 32.7. The third kappa shape index (κ3) is 5.75. The number of rotatable bonds is 7. The highest BCUT2D eigenvalue weighted by molar-refractivity contribution is 6.05. The highest BCUT2D eigenvalue weighted by atomic mass is 16.4. The van der Waals surface area contributed by atoms with Gasteiger partial charge in [0.1, 0.15) is 12.2 Å². The number of carboxylic acids is 1. The Hall–Kier alpha value is -2.23. The van der Waals surface area contributed by atoms with Crippen LogP contribution in [0.3, 0.4) is 0 Å². The average molecular weight is 246 g/mol. The molecule has 0 fully saturated rings. The Morgan fingerprint density at radius 1 is 1.00 bits per heavy atom. The molecule has 1 N–H and O–H groups in total. The number of allylic oxidation sites excluding steroid dienone is 1. The molecule has 0 unspecified atom stereocenters. The molecule has 94 valence electrons. The predicted octanol–water partition coefficient (Wildman–Crippen LogP) is 2.09. The molecule has 1 aromatic rings. The number of aliphatic carboxylic acids is 1. The molecule has 0 aromatic heterocycles. The first-order chi connectivity index (χ1) is 8.58. The first kappa shape index (κ1) is 13.8. The molecule has 0 saturated carbocycles. The summed E-state index contributed by atoms with van der Waals surface area (Å²) in [6.07, 6.45) is 2.70. The largest absolute Gasteiger partial charge is 0.481 e. The summed E-state index contributed by atoms with van der Waals surface area (Å²) < 4.78 is 0. The molecule has 0 radical (unpaired) electrons. The quantitative estimate of drug-likeness (QED) is 0.748. The van der Waals surface area contributed by atoms with Gasteiger partial charge in [0.15, 0.2) is 5.78 Å². The van der Waals surface area contributed by atoms with E-state index in [4.69, 9.17) is 5.11 Å². The van der Waals surface area contributed by atoms with E-state index < -0.39 is 18.2 Å². The van der Waals surface area contributed by atoms with Crippen LogP contribution in [-0.2, 0) is 14.4 Å². The van der Waals surface area contributed by atoms with Crippen LogP contribution < -0.4 is 0 Å². The molecule has 1 aromatic carbocycles. The molecule has 0 amide bonds. The SMILES string of the molecule is O=C(O)CC(=O)CC(=O)C/C=C/c1ccccc1. The van der Waals surface area contributed by atoms with Crippen molar-refractivity contribution in [3.63, 3.8) is 0 Å². The number of ketones is 2. The molecule has 4 nitrogen and oxygen atoms in total. The summed E-state index contributed by atoms with van der Waals surface area (Å²) in [5.41, 5.74) is 0.974. The molecule has 0 spiro atoms. The second-order valence-electron chi connectivity index (χ2n) is 3.84. The molecule has 0 aliphatic heterocycles. The maximum Gasteiger partial charge on any atom is 0.310 e. The van der Waals surface area contributed by atoms with Crippen LogP contribution in [-0.4, -0.2) is 22.6 Å². The maximum absolute atomic E-state index is 11.4. The Bertz CT molecular complexity index is 460. The minimum absolute atomic E-state index is 0.139. The van der Waals surface area contributed by atoms with Gasteiger partial charge in [-0.1, -0.05) is 42.5 Å². The standard InChI is InChI=1S/C14H14O4/c15-12(9-13(16)10-14(17)18)8-4-7-11-5-2-1-3-6-11/h1-7H,8-10H2,(H,17,18)/b7-4+. The lowest BCUT2D eigenvalue weighted by Crippen LogP contribution is -2.11. The van der Waals surface area contributed by atoms with Gasteiger partial charge in [-0.2, -0.15) is 0 Å². The summed E-state index contributed by atoms with van der Waals surface area (Å²) in [7, 11) is 0. The number of Topliss-reactive ketones (excluding diaryl/α,β-unsaturated/α-hetero) is 2. The van der Waals surface area contributed by atoms with Crippen molar-refractivity contribution in [3.05, 3.63) is 42.0 Å². The Morgan fingerprint density at radius 3 is 2.28 bits per heavy atom. The minimum atomic E-state index is -1.20. The van der Waals surface area contributed by atoms with Crippen molar-refractivity contribution < 1.29 is 19.5 Å². The highest BCUT2D eigenvalue weighted by Gasteiger charge is 2.11. The van der Waals surface area contributed by atoms with E-state index in [2.05, 4.69) is 0 Å². The zero-order valence-electron chi connectivity index (χ0n) is 9.83. The molecule has 0 aliphatic rings. The van der Waals surface area contributed by atoms with E-state index in [0.717, 1.165) is 5.56 Å². The Kier molecular flexibility index (Phi) is 5.51. The Morgan fingerprint density at radius 2 is 1.67 bits per heavy atom. The van der Waals surface area contributed by atoms with Crippen molar-refractivity contribution >= 4 is 23.6 Å². The summed E-state index contributed by atoms with van der Waals surface area (Å²) in [6.45, 7) is 0. The van der Waals surface area contributed by atoms with Crippen LogP contribution in [0.25, 0.3) is 6.08 Å². The number of hydrogen-bond donors (Lipinski definition) is 1.